The molecule has 1 aromatic rings. The fraction of sp³-hybridized carbons (Fsp3) is 0.600. The molecule has 5 heteroatoms. The van der Waals surface area contributed by atoms with E-state index < -0.39 is 14.6 Å². The molecule has 0 fully saturated rings. The Morgan fingerprint density at radius 1 is 1.30 bits per heavy atom. The lowest BCUT2D eigenvalue weighted by atomic mass is 10.1. The molecule has 20 heavy (non-hydrogen) atoms. The van der Waals surface area contributed by atoms with E-state index in [9.17, 15) is 8.42 Å². The molecule has 0 spiro atoms. The fourth-order valence-corrected chi connectivity index (χ4v) is 2.84. The predicted molar refractivity (Wildman–Crippen MR) is 82.8 cm³/mol. The summed E-state index contributed by atoms with van der Waals surface area (Å²) in [6.45, 7) is 7.18. The van der Waals surface area contributed by atoms with Crippen LogP contribution in [0.15, 0.2) is 18.2 Å². The lowest BCUT2D eigenvalue weighted by Gasteiger charge is -2.21. The van der Waals surface area contributed by atoms with Crippen molar-refractivity contribution in [1.29, 1.82) is 0 Å². The van der Waals surface area contributed by atoms with Crippen LogP contribution in [0.4, 0.5) is 0 Å². The van der Waals surface area contributed by atoms with Gasteiger partial charge in [-0.3, -0.25) is 0 Å². The smallest absolute Gasteiger partial charge is 0.159 e. The summed E-state index contributed by atoms with van der Waals surface area (Å²) in [7, 11) is 0.202. The molecule has 1 aromatic carbocycles. The first kappa shape index (κ1) is 17.0. The fourth-order valence-electron chi connectivity index (χ4n) is 1.77. The average molecular weight is 299 g/mol. The van der Waals surface area contributed by atoms with E-state index in [0.717, 1.165) is 5.56 Å². The molecule has 0 bridgehead atoms. The van der Waals surface area contributed by atoms with E-state index in [0.29, 0.717) is 11.3 Å². The standard InChI is InChI=1S/C15H25NO3S/c1-11(16-5)12-7-8-14(19-6)13(9-12)10-20(17,18)15(2,3)4/h7-9,11,16H,10H2,1-6H3. The molecule has 0 aliphatic carbocycles. The van der Waals surface area contributed by atoms with Gasteiger partial charge < -0.3 is 10.1 Å². The van der Waals surface area contributed by atoms with Crippen LogP contribution in [0.25, 0.3) is 0 Å². The molecular formula is C15H25NO3S. The maximum Gasteiger partial charge on any atom is 0.159 e. The van der Waals surface area contributed by atoms with Crippen molar-refractivity contribution < 1.29 is 13.2 Å². The zero-order chi connectivity index (χ0) is 15.6. The van der Waals surface area contributed by atoms with E-state index in [1.807, 2.05) is 32.2 Å². The molecule has 0 aliphatic rings. The third-order valence-corrected chi connectivity index (χ3v) is 6.07. The molecule has 1 atom stereocenters. The SMILES string of the molecule is CNC(C)c1ccc(OC)c(CS(=O)(=O)C(C)(C)C)c1. The van der Waals surface area contributed by atoms with Crippen molar-refractivity contribution in [2.75, 3.05) is 14.2 Å². The molecule has 0 saturated carbocycles. The molecule has 0 radical (unpaired) electrons. The Kier molecular flexibility index (Phi) is 5.21. The highest BCUT2D eigenvalue weighted by Crippen LogP contribution is 2.28. The Labute approximate surface area is 122 Å². The van der Waals surface area contributed by atoms with E-state index >= 15 is 0 Å². The van der Waals surface area contributed by atoms with Gasteiger partial charge in [-0.15, -0.1) is 0 Å². The van der Waals surface area contributed by atoms with Crippen molar-refractivity contribution in [2.45, 2.75) is 44.2 Å². The second kappa shape index (κ2) is 6.14. The Morgan fingerprint density at radius 3 is 2.35 bits per heavy atom. The minimum Gasteiger partial charge on any atom is -0.496 e. The van der Waals surface area contributed by atoms with Crippen LogP contribution in [0.5, 0.6) is 5.75 Å². The first-order valence-electron chi connectivity index (χ1n) is 6.68. The summed E-state index contributed by atoms with van der Waals surface area (Å²) in [4.78, 5) is 0. The molecule has 1 N–H and O–H groups in total. The first-order chi connectivity index (χ1) is 9.12. The van der Waals surface area contributed by atoms with Crippen LogP contribution in [0.1, 0.15) is 44.9 Å². The minimum atomic E-state index is -3.23. The van der Waals surface area contributed by atoms with Crippen molar-refractivity contribution >= 4 is 9.84 Å². The molecule has 1 rings (SSSR count). The van der Waals surface area contributed by atoms with Crippen LogP contribution in [0.3, 0.4) is 0 Å². The van der Waals surface area contributed by atoms with Crippen molar-refractivity contribution in [3.63, 3.8) is 0 Å². The highest BCUT2D eigenvalue weighted by Gasteiger charge is 2.30. The van der Waals surface area contributed by atoms with Crippen molar-refractivity contribution in [1.82, 2.24) is 5.32 Å². The molecule has 0 saturated heterocycles. The number of rotatable bonds is 5. The van der Waals surface area contributed by atoms with Gasteiger partial charge in [-0.25, -0.2) is 8.42 Å². The zero-order valence-electron chi connectivity index (χ0n) is 13.1. The molecule has 114 valence electrons. The van der Waals surface area contributed by atoms with Crippen molar-refractivity contribution in [3.05, 3.63) is 29.3 Å². The monoisotopic (exact) mass is 299 g/mol. The molecule has 0 aliphatic heterocycles. The van der Waals surface area contributed by atoms with E-state index in [4.69, 9.17) is 4.74 Å². The van der Waals surface area contributed by atoms with E-state index in [1.54, 1.807) is 27.9 Å². The van der Waals surface area contributed by atoms with Crippen LogP contribution in [0, 0.1) is 0 Å². The van der Waals surface area contributed by atoms with E-state index in [-0.39, 0.29) is 11.8 Å². The maximum absolute atomic E-state index is 12.4. The third kappa shape index (κ3) is 3.73. The van der Waals surface area contributed by atoms with Crippen LogP contribution < -0.4 is 10.1 Å². The van der Waals surface area contributed by atoms with Crippen molar-refractivity contribution in [2.24, 2.45) is 0 Å². The topological polar surface area (TPSA) is 55.4 Å². The summed E-state index contributed by atoms with van der Waals surface area (Å²) in [5, 5.41) is 3.15. The van der Waals surface area contributed by atoms with Gasteiger partial charge in [-0.05, 0) is 52.4 Å². The van der Waals surface area contributed by atoms with Crippen molar-refractivity contribution in [3.8, 4) is 5.75 Å². The lowest BCUT2D eigenvalue weighted by Crippen LogP contribution is -2.29. The largest absolute Gasteiger partial charge is 0.496 e. The lowest BCUT2D eigenvalue weighted by molar-refractivity contribution is 0.410. The van der Waals surface area contributed by atoms with Gasteiger partial charge in [0.05, 0.1) is 17.6 Å². The van der Waals surface area contributed by atoms with E-state index in [1.165, 1.54) is 0 Å². The van der Waals surface area contributed by atoms with Gasteiger partial charge in [-0.2, -0.15) is 0 Å². The van der Waals surface area contributed by atoms with Gasteiger partial charge in [0.1, 0.15) is 5.75 Å². The van der Waals surface area contributed by atoms with Gasteiger partial charge in [-0.1, -0.05) is 6.07 Å². The molecule has 0 aromatic heterocycles. The Hall–Kier alpha value is -1.07. The molecule has 1 unspecified atom stereocenters. The molecule has 0 heterocycles. The highest BCUT2D eigenvalue weighted by molar-refractivity contribution is 7.91. The summed E-state index contributed by atoms with van der Waals surface area (Å²) >= 11 is 0. The molecule has 4 nitrogen and oxygen atoms in total. The van der Waals surface area contributed by atoms with Gasteiger partial charge in [0.15, 0.2) is 9.84 Å². The highest BCUT2D eigenvalue weighted by atomic mass is 32.2. The van der Waals surface area contributed by atoms with Gasteiger partial charge >= 0.3 is 0 Å². The maximum atomic E-state index is 12.4. The second-order valence-corrected chi connectivity index (χ2v) is 8.70. The number of hydrogen-bond donors (Lipinski definition) is 1. The van der Waals surface area contributed by atoms with Crippen LogP contribution in [-0.2, 0) is 15.6 Å². The number of benzene rings is 1. The normalized spacial score (nSPS) is 14.1. The van der Waals surface area contributed by atoms with E-state index in [2.05, 4.69) is 5.32 Å². The number of nitrogens with one attached hydrogen (secondary N) is 1. The quantitative estimate of drug-likeness (QED) is 0.908. The first-order valence-corrected chi connectivity index (χ1v) is 8.34. The second-order valence-electron chi connectivity index (χ2n) is 5.95. The minimum absolute atomic E-state index is 0.00997. The number of sulfone groups is 1. The summed E-state index contributed by atoms with van der Waals surface area (Å²) < 4.78 is 29.3. The van der Waals surface area contributed by atoms with Gasteiger partial charge in [0.2, 0.25) is 0 Å². The molecular weight excluding hydrogens is 274 g/mol. The van der Waals surface area contributed by atoms with Crippen LogP contribution in [0.2, 0.25) is 0 Å². The number of ether oxygens (including phenoxy) is 1. The average Bonchev–Trinajstić information content (AvgIpc) is 2.36. The van der Waals surface area contributed by atoms with Gasteiger partial charge in [0, 0.05) is 11.6 Å². The van der Waals surface area contributed by atoms with Crippen LogP contribution >= 0.6 is 0 Å². The van der Waals surface area contributed by atoms with Gasteiger partial charge in [0.25, 0.3) is 0 Å². The Bertz CT molecular complexity index is 559. The number of hydrogen-bond acceptors (Lipinski definition) is 4. The Morgan fingerprint density at radius 2 is 1.90 bits per heavy atom. The summed E-state index contributed by atoms with van der Waals surface area (Å²) in [5.74, 6) is 0.606. The summed E-state index contributed by atoms with van der Waals surface area (Å²) in [5.41, 5.74) is 1.76. The summed E-state index contributed by atoms with van der Waals surface area (Å²) in [6.07, 6.45) is 0. The third-order valence-electron chi connectivity index (χ3n) is 3.52. The number of methoxy groups -OCH3 is 1. The summed E-state index contributed by atoms with van der Waals surface area (Å²) in [6, 6.07) is 5.85. The van der Waals surface area contributed by atoms with Crippen LogP contribution in [-0.4, -0.2) is 27.3 Å². The predicted octanol–water partition coefficient (Wildman–Crippen LogP) is 2.69. The zero-order valence-corrected chi connectivity index (χ0v) is 14.0. The Balaban J connectivity index is 3.22. The molecule has 0 amide bonds.